The Hall–Kier alpha value is -2.61. The van der Waals surface area contributed by atoms with Gasteiger partial charge in [0.15, 0.2) is 0 Å². The highest BCUT2D eigenvalue weighted by atomic mass is 32.2. The number of aliphatic carboxylic acids is 1. The van der Waals surface area contributed by atoms with E-state index in [0.717, 1.165) is 5.56 Å². The van der Waals surface area contributed by atoms with Crippen molar-refractivity contribution in [2.45, 2.75) is 18.0 Å². The number of hydrogen-bond donors (Lipinski definition) is 1. The van der Waals surface area contributed by atoms with Gasteiger partial charge in [0.2, 0.25) is 0 Å². The Morgan fingerprint density at radius 3 is 2.62 bits per heavy atom. The monoisotopic (exact) mass is 345 g/mol. The lowest BCUT2D eigenvalue weighted by Gasteiger charge is -2.26. The molecular weight excluding hydrogens is 330 g/mol. The zero-order chi connectivity index (χ0) is 16.9. The molecule has 0 saturated carbocycles. The molecule has 3 rings (SSSR count). The van der Waals surface area contributed by atoms with Crippen molar-refractivity contribution in [1.29, 1.82) is 0 Å². The third-order valence-corrected chi connectivity index (χ3v) is 4.89. The number of rotatable bonds is 4. The molecule has 0 aliphatic carbocycles. The SMILES string of the molecule is O=C(O)C1CSC(c2cncnc2)N1C(=O)OCc1ccccc1. The van der Waals surface area contributed by atoms with Gasteiger partial charge in [-0.15, -0.1) is 11.8 Å². The van der Waals surface area contributed by atoms with E-state index in [1.165, 1.54) is 23.0 Å². The summed E-state index contributed by atoms with van der Waals surface area (Å²) < 4.78 is 5.31. The third kappa shape index (κ3) is 3.48. The van der Waals surface area contributed by atoms with Crippen LogP contribution in [0.25, 0.3) is 0 Å². The lowest BCUT2D eigenvalue weighted by atomic mass is 10.2. The van der Waals surface area contributed by atoms with E-state index in [1.807, 2.05) is 30.3 Å². The van der Waals surface area contributed by atoms with Crippen LogP contribution in [0.5, 0.6) is 0 Å². The number of carboxylic acid groups (broad SMARTS) is 1. The first-order valence-corrected chi connectivity index (χ1v) is 8.30. The standard InChI is InChI=1S/C16H15N3O4S/c20-15(21)13-9-24-14(12-6-17-10-18-7-12)19(13)16(22)23-8-11-4-2-1-3-5-11/h1-7,10,13-14H,8-9H2,(H,20,21). The molecule has 1 N–H and O–H groups in total. The van der Waals surface area contributed by atoms with Crippen LogP contribution in [0.4, 0.5) is 4.79 Å². The van der Waals surface area contributed by atoms with Crippen LogP contribution in [-0.2, 0) is 16.1 Å². The average Bonchev–Trinajstić information content (AvgIpc) is 3.07. The van der Waals surface area contributed by atoms with Crippen LogP contribution in [-0.4, -0.2) is 43.8 Å². The minimum atomic E-state index is -1.06. The second-order valence-electron chi connectivity index (χ2n) is 5.16. The van der Waals surface area contributed by atoms with E-state index < -0.39 is 23.5 Å². The number of carboxylic acids is 1. The second-order valence-corrected chi connectivity index (χ2v) is 6.27. The second kappa shape index (κ2) is 7.31. The number of amides is 1. The number of benzene rings is 1. The van der Waals surface area contributed by atoms with Crippen molar-refractivity contribution in [2.24, 2.45) is 0 Å². The quantitative estimate of drug-likeness (QED) is 0.909. The van der Waals surface area contributed by atoms with Crippen molar-refractivity contribution in [3.8, 4) is 0 Å². The summed E-state index contributed by atoms with van der Waals surface area (Å²) in [6.07, 6.45) is 3.87. The van der Waals surface area contributed by atoms with Gasteiger partial charge in [0.05, 0.1) is 0 Å². The summed E-state index contributed by atoms with van der Waals surface area (Å²) in [5.74, 6) is -0.770. The first-order chi connectivity index (χ1) is 11.7. The summed E-state index contributed by atoms with van der Waals surface area (Å²) in [4.78, 5) is 33.1. The van der Waals surface area contributed by atoms with Gasteiger partial charge in [-0.05, 0) is 5.56 Å². The van der Waals surface area contributed by atoms with Gasteiger partial charge in [0, 0.05) is 23.7 Å². The van der Waals surface area contributed by atoms with Crippen LogP contribution in [0.3, 0.4) is 0 Å². The average molecular weight is 345 g/mol. The van der Waals surface area contributed by atoms with Gasteiger partial charge in [0.1, 0.15) is 24.3 Å². The van der Waals surface area contributed by atoms with Crippen LogP contribution < -0.4 is 0 Å². The molecule has 1 aromatic heterocycles. The molecule has 2 atom stereocenters. The van der Waals surface area contributed by atoms with Crippen LogP contribution in [0, 0.1) is 0 Å². The summed E-state index contributed by atoms with van der Waals surface area (Å²) in [6.45, 7) is 0.0885. The van der Waals surface area contributed by atoms with Crippen molar-refractivity contribution in [1.82, 2.24) is 14.9 Å². The molecule has 1 fully saturated rings. The molecular formula is C16H15N3O4S. The Morgan fingerprint density at radius 2 is 1.96 bits per heavy atom. The summed E-state index contributed by atoms with van der Waals surface area (Å²) in [7, 11) is 0. The van der Waals surface area contributed by atoms with E-state index in [0.29, 0.717) is 5.56 Å². The summed E-state index contributed by atoms with van der Waals surface area (Å²) >= 11 is 1.35. The van der Waals surface area contributed by atoms with Crippen LogP contribution in [0.1, 0.15) is 16.5 Å². The van der Waals surface area contributed by atoms with Gasteiger partial charge in [-0.2, -0.15) is 0 Å². The maximum absolute atomic E-state index is 12.5. The highest BCUT2D eigenvalue weighted by molar-refractivity contribution is 7.99. The van der Waals surface area contributed by atoms with E-state index in [4.69, 9.17) is 4.74 Å². The number of nitrogens with zero attached hydrogens (tertiary/aromatic N) is 3. The summed E-state index contributed by atoms with van der Waals surface area (Å²) in [5, 5.41) is 8.91. The Kier molecular flexibility index (Phi) is 4.95. The predicted molar refractivity (Wildman–Crippen MR) is 87.1 cm³/mol. The van der Waals surface area contributed by atoms with Gasteiger partial charge in [-0.25, -0.2) is 19.6 Å². The molecule has 8 heteroatoms. The smallest absolute Gasteiger partial charge is 0.412 e. The molecule has 124 valence electrons. The number of hydrogen-bond acceptors (Lipinski definition) is 6. The Bertz CT molecular complexity index is 714. The third-order valence-electron chi connectivity index (χ3n) is 3.57. The van der Waals surface area contributed by atoms with E-state index in [2.05, 4.69) is 9.97 Å². The highest BCUT2D eigenvalue weighted by Crippen LogP contribution is 2.41. The van der Waals surface area contributed by atoms with Gasteiger partial charge in [-0.3, -0.25) is 4.90 Å². The molecule has 2 heterocycles. The molecule has 1 saturated heterocycles. The minimum absolute atomic E-state index is 0.0885. The fourth-order valence-corrected chi connectivity index (χ4v) is 3.78. The van der Waals surface area contributed by atoms with E-state index in [1.54, 1.807) is 12.4 Å². The zero-order valence-corrected chi connectivity index (χ0v) is 13.4. The number of carbonyl (C=O) groups is 2. The minimum Gasteiger partial charge on any atom is -0.480 e. The largest absolute Gasteiger partial charge is 0.480 e. The topological polar surface area (TPSA) is 92.6 Å². The van der Waals surface area contributed by atoms with Crippen LogP contribution in [0.15, 0.2) is 49.1 Å². The van der Waals surface area contributed by atoms with Gasteiger partial charge in [0.25, 0.3) is 0 Å². The van der Waals surface area contributed by atoms with Crippen molar-refractivity contribution >= 4 is 23.8 Å². The summed E-state index contributed by atoms with van der Waals surface area (Å²) in [6, 6.07) is 8.29. The molecule has 2 unspecified atom stereocenters. The Labute approximate surface area is 142 Å². The van der Waals surface area contributed by atoms with Gasteiger partial charge in [-0.1, -0.05) is 30.3 Å². The van der Waals surface area contributed by atoms with Crippen LogP contribution >= 0.6 is 11.8 Å². The predicted octanol–water partition coefficient (Wildman–Crippen LogP) is 2.31. The van der Waals surface area contributed by atoms with Crippen LogP contribution in [0.2, 0.25) is 0 Å². The van der Waals surface area contributed by atoms with Crippen molar-refractivity contribution < 1.29 is 19.4 Å². The number of ether oxygens (including phenoxy) is 1. The van der Waals surface area contributed by atoms with Gasteiger partial charge < -0.3 is 9.84 Å². The first-order valence-electron chi connectivity index (χ1n) is 7.25. The Morgan fingerprint density at radius 1 is 1.25 bits per heavy atom. The molecule has 0 bridgehead atoms. The molecule has 1 aliphatic rings. The number of aromatic nitrogens is 2. The van der Waals surface area contributed by atoms with E-state index in [-0.39, 0.29) is 12.4 Å². The van der Waals surface area contributed by atoms with Crippen molar-refractivity contribution in [3.05, 3.63) is 60.2 Å². The van der Waals surface area contributed by atoms with Crippen molar-refractivity contribution in [3.63, 3.8) is 0 Å². The van der Waals surface area contributed by atoms with Gasteiger partial charge >= 0.3 is 12.1 Å². The zero-order valence-electron chi connectivity index (χ0n) is 12.6. The first kappa shape index (κ1) is 16.3. The highest BCUT2D eigenvalue weighted by Gasteiger charge is 2.43. The molecule has 1 aromatic carbocycles. The fraction of sp³-hybridized carbons (Fsp3) is 0.250. The molecule has 7 nitrogen and oxygen atoms in total. The summed E-state index contributed by atoms with van der Waals surface area (Å²) in [5.41, 5.74) is 1.51. The molecule has 2 aromatic rings. The number of carbonyl (C=O) groups excluding carboxylic acids is 1. The molecule has 24 heavy (non-hydrogen) atoms. The molecule has 0 radical (unpaired) electrons. The molecule has 1 amide bonds. The maximum Gasteiger partial charge on any atom is 0.412 e. The van der Waals surface area contributed by atoms with E-state index >= 15 is 0 Å². The van der Waals surface area contributed by atoms with E-state index in [9.17, 15) is 14.7 Å². The molecule has 1 aliphatic heterocycles. The lowest BCUT2D eigenvalue weighted by molar-refractivity contribution is -0.141. The number of thioether (sulfide) groups is 1. The normalized spacial score (nSPS) is 19.9. The maximum atomic E-state index is 12.5. The Balaban J connectivity index is 1.77. The molecule has 0 spiro atoms. The van der Waals surface area contributed by atoms with Crippen molar-refractivity contribution in [2.75, 3.05) is 5.75 Å². The lowest BCUT2D eigenvalue weighted by Crippen LogP contribution is -2.43. The fourth-order valence-electron chi connectivity index (χ4n) is 2.41.